The molecule has 0 spiro atoms. The fraction of sp³-hybridized carbons (Fsp3) is 0.667. The van der Waals surface area contributed by atoms with Crippen LogP contribution in [0.3, 0.4) is 0 Å². The molecule has 0 radical (unpaired) electrons. The van der Waals surface area contributed by atoms with Gasteiger partial charge >= 0.3 is 0 Å². The fourth-order valence-corrected chi connectivity index (χ4v) is 3.64. The topological polar surface area (TPSA) is 58.1 Å². The van der Waals surface area contributed by atoms with Crippen molar-refractivity contribution in [1.29, 1.82) is 0 Å². The maximum atomic E-state index is 5.37. The molecular weight excluding hydrogens is 340 g/mol. The van der Waals surface area contributed by atoms with Crippen molar-refractivity contribution in [2.24, 2.45) is 10.4 Å². The van der Waals surface area contributed by atoms with E-state index in [0.29, 0.717) is 5.41 Å². The summed E-state index contributed by atoms with van der Waals surface area (Å²) in [5.41, 5.74) is 1.58. The molecule has 0 aliphatic heterocycles. The smallest absolute Gasteiger partial charge is 0.191 e. The predicted octanol–water partition coefficient (Wildman–Crippen LogP) is 2.67. The Balaban J connectivity index is 1.92. The van der Waals surface area contributed by atoms with E-state index in [4.69, 9.17) is 9.47 Å². The van der Waals surface area contributed by atoms with Crippen LogP contribution in [0, 0.1) is 5.41 Å². The van der Waals surface area contributed by atoms with Crippen molar-refractivity contribution in [3.63, 3.8) is 0 Å². The third-order valence-electron chi connectivity index (χ3n) is 5.67. The SMILES string of the molecule is CN=C(NCC(c1cccc(OC)c1)N(C)C)NCC1(CCOC)CCC1. The summed E-state index contributed by atoms with van der Waals surface area (Å²) in [5.74, 6) is 1.74. The van der Waals surface area contributed by atoms with Gasteiger partial charge in [-0.1, -0.05) is 18.6 Å². The van der Waals surface area contributed by atoms with E-state index < -0.39 is 0 Å². The van der Waals surface area contributed by atoms with Crippen LogP contribution >= 0.6 is 0 Å². The van der Waals surface area contributed by atoms with Crippen molar-refractivity contribution in [2.75, 3.05) is 55.1 Å². The monoisotopic (exact) mass is 376 g/mol. The number of aliphatic imine (C=N–C) groups is 1. The molecular formula is C21H36N4O2. The van der Waals surface area contributed by atoms with Gasteiger partial charge in [0.25, 0.3) is 0 Å². The Labute approximate surface area is 164 Å². The Morgan fingerprint density at radius 1 is 1.26 bits per heavy atom. The number of likely N-dealkylation sites (N-methyl/N-ethyl adjacent to an activating group) is 1. The van der Waals surface area contributed by atoms with E-state index in [2.05, 4.69) is 46.8 Å². The lowest BCUT2D eigenvalue weighted by molar-refractivity contribution is 0.0732. The molecule has 27 heavy (non-hydrogen) atoms. The first-order valence-electron chi connectivity index (χ1n) is 9.77. The quantitative estimate of drug-likeness (QED) is 0.486. The molecule has 1 aliphatic carbocycles. The van der Waals surface area contributed by atoms with E-state index in [1.54, 1.807) is 14.2 Å². The van der Waals surface area contributed by atoms with Crippen LogP contribution in [0.4, 0.5) is 0 Å². The van der Waals surface area contributed by atoms with E-state index in [1.165, 1.54) is 24.8 Å². The summed E-state index contributed by atoms with van der Waals surface area (Å²) in [6.45, 7) is 2.54. The summed E-state index contributed by atoms with van der Waals surface area (Å²) < 4.78 is 10.7. The molecule has 1 fully saturated rings. The van der Waals surface area contributed by atoms with Crippen molar-refractivity contribution >= 4 is 5.96 Å². The van der Waals surface area contributed by atoms with E-state index >= 15 is 0 Å². The lowest BCUT2D eigenvalue weighted by Crippen LogP contribution is -2.48. The average molecular weight is 377 g/mol. The Morgan fingerprint density at radius 2 is 2.04 bits per heavy atom. The molecule has 0 aromatic heterocycles. The summed E-state index contributed by atoms with van der Waals surface area (Å²) in [7, 11) is 9.49. The molecule has 6 nitrogen and oxygen atoms in total. The molecule has 2 rings (SSSR count). The molecule has 2 N–H and O–H groups in total. The van der Waals surface area contributed by atoms with Gasteiger partial charge in [-0.3, -0.25) is 4.99 Å². The normalized spacial score (nSPS) is 17.3. The molecule has 0 bridgehead atoms. The van der Waals surface area contributed by atoms with Gasteiger partial charge in [0.05, 0.1) is 13.2 Å². The second kappa shape index (κ2) is 10.5. The molecule has 1 aromatic carbocycles. The molecule has 1 saturated carbocycles. The van der Waals surface area contributed by atoms with E-state index in [1.807, 2.05) is 19.2 Å². The molecule has 0 amide bonds. The second-order valence-electron chi connectivity index (χ2n) is 7.66. The molecule has 0 heterocycles. The van der Waals surface area contributed by atoms with Crippen molar-refractivity contribution < 1.29 is 9.47 Å². The van der Waals surface area contributed by atoms with Crippen LogP contribution in [0.1, 0.15) is 37.3 Å². The number of hydrogen-bond acceptors (Lipinski definition) is 4. The van der Waals surface area contributed by atoms with Gasteiger partial charge in [0.2, 0.25) is 0 Å². The van der Waals surface area contributed by atoms with E-state index in [-0.39, 0.29) is 6.04 Å². The minimum Gasteiger partial charge on any atom is -0.497 e. The minimum absolute atomic E-state index is 0.227. The lowest BCUT2D eigenvalue weighted by atomic mass is 9.67. The first-order valence-corrected chi connectivity index (χ1v) is 9.77. The third kappa shape index (κ3) is 6.11. The maximum Gasteiger partial charge on any atom is 0.191 e. The minimum atomic E-state index is 0.227. The molecule has 1 aromatic rings. The number of ether oxygens (including phenoxy) is 2. The van der Waals surface area contributed by atoms with Crippen molar-refractivity contribution in [3.8, 4) is 5.75 Å². The van der Waals surface area contributed by atoms with Gasteiger partial charge in [0.1, 0.15) is 5.75 Å². The van der Waals surface area contributed by atoms with E-state index in [9.17, 15) is 0 Å². The zero-order chi connectivity index (χ0) is 19.7. The zero-order valence-electron chi connectivity index (χ0n) is 17.5. The van der Waals surface area contributed by atoms with Crippen LogP contribution in [0.25, 0.3) is 0 Å². The highest BCUT2D eigenvalue weighted by atomic mass is 16.5. The molecule has 1 atom stereocenters. The summed E-state index contributed by atoms with van der Waals surface area (Å²) in [6, 6.07) is 8.47. The first kappa shape index (κ1) is 21.5. The molecule has 6 heteroatoms. The highest BCUT2D eigenvalue weighted by Crippen LogP contribution is 2.43. The standard InChI is InChI=1S/C21H36N4O2/c1-22-20(24-16-21(10-7-11-21)12-13-26-4)23-15-19(25(2)3)17-8-6-9-18(14-17)27-5/h6,8-9,14,19H,7,10-13,15-16H2,1-5H3,(H2,22,23,24). The van der Waals surface area contributed by atoms with Gasteiger partial charge < -0.3 is 25.0 Å². The molecule has 1 unspecified atom stereocenters. The molecule has 1 aliphatic rings. The molecule has 152 valence electrons. The second-order valence-corrected chi connectivity index (χ2v) is 7.66. The Hall–Kier alpha value is -1.79. The van der Waals surface area contributed by atoms with Crippen LogP contribution in [0.5, 0.6) is 5.75 Å². The van der Waals surface area contributed by atoms with Crippen LogP contribution in [-0.2, 0) is 4.74 Å². The average Bonchev–Trinajstić information content (AvgIpc) is 2.65. The largest absolute Gasteiger partial charge is 0.497 e. The number of guanidine groups is 1. The molecule has 0 saturated heterocycles. The van der Waals surface area contributed by atoms with Gasteiger partial charge in [-0.25, -0.2) is 0 Å². The highest BCUT2D eigenvalue weighted by molar-refractivity contribution is 5.79. The Morgan fingerprint density at radius 3 is 2.59 bits per heavy atom. The van der Waals surface area contributed by atoms with Crippen molar-refractivity contribution in [3.05, 3.63) is 29.8 Å². The summed E-state index contributed by atoms with van der Waals surface area (Å²) in [6.07, 6.45) is 4.96. The number of nitrogens with zero attached hydrogens (tertiary/aromatic N) is 2. The number of nitrogens with one attached hydrogen (secondary N) is 2. The number of benzene rings is 1. The maximum absolute atomic E-state index is 5.37. The van der Waals surface area contributed by atoms with Crippen LogP contribution in [-0.4, -0.2) is 65.9 Å². The van der Waals surface area contributed by atoms with Gasteiger partial charge in [0, 0.05) is 33.9 Å². The van der Waals surface area contributed by atoms with Gasteiger partial charge in [0.15, 0.2) is 5.96 Å². The Bertz CT molecular complexity index is 600. The number of methoxy groups -OCH3 is 2. The highest BCUT2D eigenvalue weighted by Gasteiger charge is 2.36. The van der Waals surface area contributed by atoms with Crippen LogP contribution < -0.4 is 15.4 Å². The van der Waals surface area contributed by atoms with Gasteiger partial charge in [-0.2, -0.15) is 0 Å². The van der Waals surface area contributed by atoms with Gasteiger partial charge in [-0.05, 0) is 56.5 Å². The lowest BCUT2D eigenvalue weighted by Gasteiger charge is -2.42. The third-order valence-corrected chi connectivity index (χ3v) is 5.67. The summed E-state index contributed by atoms with van der Waals surface area (Å²) in [4.78, 5) is 6.62. The predicted molar refractivity (Wildman–Crippen MR) is 112 cm³/mol. The van der Waals surface area contributed by atoms with E-state index in [0.717, 1.165) is 37.8 Å². The fourth-order valence-electron chi connectivity index (χ4n) is 3.64. The Kier molecular flexibility index (Phi) is 8.38. The van der Waals surface area contributed by atoms with Crippen molar-refractivity contribution in [1.82, 2.24) is 15.5 Å². The van der Waals surface area contributed by atoms with Crippen molar-refractivity contribution in [2.45, 2.75) is 31.7 Å². The zero-order valence-corrected chi connectivity index (χ0v) is 17.5. The first-order chi connectivity index (χ1) is 13.0. The number of hydrogen-bond donors (Lipinski definition) is 2. The van der Waals surface area contributed by atoms with Gasteiger partial charge in [-0.15, -0.1) is 0 Å². The summed E-state index contributed by atoms with van der Waals surface area (Å²) in [5, 5.41) is 7.02. The summed E-state index contributed by atoms with van der Waals surface area (Å²) >= 11 is 0. The van der Waals surface area contributed by atoms with Crippen LogP contribution in [0.2, 0.25) is 0 Å². The van der Waals surface area contributed by atoms with Crippen LogP contribution in [0.15, 0.2) is 29.3 Å². The number of rotatable bonds is 10.